The topological polar surface area (TPSA) is 104 Å². The Balaban J connectivity index is 1.59. The number of alkyl halides is 2. The fraction of sp³-hybridized carbons (Fsp3) is 0.556. The van der Waals surface area contributed by atoms with Crippen LogP contribution < -0.4 is 5.32 Å². The van der Waals surface area contributed by atoms with Crippen LogP contribution in [-0.2, 0) is 4.74 Å². The third-order valence-corrected chi connectivity index (χ3v) is 7.07. The number of aromatic nitrogens is 3. The van der Waals surface area contributed by atoms with Gasteiger partial charge in [-0.05, 0) is 68.0 Å². The third-order valence-electron chi connectivity index (χ3n) is 7.07. The van der Waals surface area contributed by atoms with Crippen LogP contribution in [0.5, 0.6) is 0 Å². The summed E-state index contributed by atoms with van der Waals surface area (Å²) in [5, 5.41) is 11.8. The summed E-state index contributed by atoms with van der Waals surface area (Å²) in [6.45, 7) is 1.78. The van der Waals surface area contributed by atoms with E-state index >= 15 is 0 Å². The maximum atomic E-state index is 14.5. The van der Waals surface area contributed by atoms with Crippen molar-refractivity contribution < 1.29 is 23.8 Å². The monoisotopic (exact) mass is 499 g/mol. The van der Waals surface area contributed by atoms with Crippen LogP contribution in [0.15, 0.2) is 24.4 Å². The Hall–Kier alpha value is -3.12. The molecule has 2 bridgehead atoms. The molecule has 190 valence electrons. The molecule has 6 unspecified atom stereocenters. The van der Waals surface area contributed by atoms with E-state index < -0.39 is 62.0 Å². The zero-order valence-corrected chi connectivity index (χ0v) is 20.2. The molecule has 0 saturated carbocycles. The van der Waals surface area contributed by atoms with Gasteiger partial charge >= 0.3 is 0 Å². The summed E-state index contributed by atoms with van der Waals surface area (Å²) in [6, 6.07) is 4.84. The zero-order valence-electron chi connectivity index (χ0n) is 24.2. The van der Waals surface area contributed by atoms with Crippen LogP contribution in [0.3, 0.4) is 0 Å². The lowest BCUT2D eigenvalue weighted by Gasteiger charge is -2.41. The first-order valence-electron chi connectivity index (χ1n) is 14.1. The van der Waals surface area contributed by atoms with Gasteiger partial charge in [0, 0.05) is 17.1 Å². The number of allylic oxidation sites excluding steroid dienone is 2. The summed E-state index contributed by atoms with van der Waals surface area (Å²) in [6.07, 6.45) is 0.330. The molecule has 2 fully saturated rings. The molecule has 0 radical (unpaired) electrons. The van der Waals surface area contributed by atoms with Crippen molar-refractivity contribution >= 4 is 17.2 Å². The van der Waals surface area contributed by atoms with Gasteiger partial charge < -0.3 is 15.0 Å². The number of carbonyl (C=O) groups excluding carboxylic acids is 1. The number of imidazole rings is 1. The van der Waals surface area contributed by atoms with Crippen molar-refractivity contribution in [1.82, 2.24) is 15.0 Å². The quantitative estimate of drug-likeness (QED) is 0.536. The maximum absolute atomic E-state index is 14.5. The smallest absolute Gasteiger partial charge is 0.291 e. The van der Waals surface area contributed by atoms with Crippen molar-refractivity contribution in [1.29, 1.82) is 5.26 Å². The van der Waals surface area contributed by atoms with Gasteiger partial charge in [-0.1, -0.05) is 19.9 Å². The highest BCUT2D eigenvalue weighted by Crippen LogP contribution is 2.53. The minimum absolute atomic E-state index is 0.0521. The fourth-order valence-electron chi connectivity index (χ4n) is 4.92. The molecule has 36 heavy (non-hydrogen) atoms. The Morgan fingerprint density at radius 2 is 2.14 bits per heavy atom. The van der Waals surface area contributed by atoms with E-state index in [4.69, 9.17) is 19.1 Å². The standard InChI is InChI=1S/C27H31F2N5O2/c1-25(2)7-5-17(6-8-25)22-21(34-24(35)23-31-14-19(13-30)32-23)4-3-20(33-22)18-11-26(15-28)9-10-27(12-18,16-29)36-26/h3-5,14,18H,6-12,15-16H2,1-2H3,(H,31,32)(H,34,35)/i9D,10D,11D,18D. The van der Waals surface area contributed by atoms with Crippen molar-refractivity contribution in [3.05, 3.63) is 47.3 Å². The number of hydrogen-bond acceptors (Lipinski definition) is 5. The lowest BCUT2D eigenvalue weighted by molar-refractivity contribution is -0.160. The molecule has 4 heterocycles. The van der Waals surface area contributed by atoms with Gasteiger partial charge in [-0.15, -0.1) is 0 Å². The van der Waals surface area contributed by atoms with Gasteiger partial charge in [0.15, 0.2) is 5.82 Å². The molecule has 6 atom stereocenters. The summed E-state index contributed by atoms with van der Waals surface area (Å²) in [7, 11) is 0. The number of carbonyl (C=O) groups is 1. The molecule has 2 aromatic rings. The third kappa shape index (κ3) is 4.55. The fourth-order valence-corrected chi connectivity index (χ4v) is 4.92. The number of anilines is 1. The highest BCUT2D eigenvalue weighted by atomic mass is 19.1. The zero-order chi connectivity index (χ0) is 29.1. The largest absolute Gasteiger partial charge is 0.363 e. The number of H-pyrrole nitrogens is 1. The van der Waals surface area contributed by atoms with E-state index in [0.29, 0.717) is 17.8 Å². The molecular weight excluding hydrogens is 464 g/mol. The lowest BCUT2D eigenvalue weighted by atomic mass is 9.77. The number of nitriles is 1. The highest BCUT2D eigenvalue weighted by Gasteiger charge is 2.56. The number of hydrogen-bond donors (Lipinski definition) is 2. The Bertz CT molecular complexity index is 1410. The molecule has 2 saturated heterocycles. The molecule has 0 spiro atoms. The van der Waals surface area contributed by atoms with Gasteiger partial charge in [0.25, 0.3) is 5.91 Å². The van der Waals surface area contributed by atoms with Crippen molar-refractivity contribution in [3.8, 4) is 6.07 Å². The van der Waals surface area contributed by atoms with E-state index in [0.717, 1.165) is 18.4 Å². The SMILES string of the molecule is [2H]C1C([2H])C2(CF)OC1(CF)CC([2H])(c1ccc(NC(=O)c3ncc(C#N)[nH]3)c(C3=CCC(C)(C)CC3)n1)C2[2H]. The van der Waals surface area contributed by atoms with Gasteiger partial charge in [0.2, 0.25) is 0 Å². The highest BCUT2D eigenvalue weighted by molar-refractivity contribution is 6.03. The number of pyridine rings is 1. The summed E-state index contributed by atoms with van der Waals surface area (Å²) >= 11 is 0. The normalized spacial score (nSPS) is 38.6. The van der Waals surface area contributed by atoms with Crippen molar-refractivity contribution in [2.45, 2.75) is 75.8 Å². The van der Waals surface area contributed by atoms with Gasteiger partial charge in [-0.3, -0.25) is 9.78 Å². The van der Waals surface area contributed by atoms with Gasteiger partial charge in [0.05, 0.1) is 28.8 Å². The number of rotatable bonds is 6. The predicted octanol–water partition coefficient (Wildman–Crippen LogP) is 5.63. The molecule has 9 heteroatoms. The van der Waals surface area contributed by atoms with Crippen molar-refractivity contribution in [2.75, 3.05) is 18.7 Å². The van der Waals surface area contributed by atoms with E-state index in [1.54, 1.807) is 0 Å². The maximum Gasteiger partial charge on any atom is 0.291 e. The molecular formula is C27H31F2N5O2. The minimum Gasteiger partial charge on any atom is -0.363 e. The average Bonchev–Trinajstić information content (AvgIpc) is 3.50. The number of nitrogens with zero attached hydrogens (tertiary/aromatic N) is 3. The first kappa shape index (κ1) is 20.0. The second kappa shape index (κ2) is 9.07. The summed E-state index contributed by atoms with van der Waals surface area (Å²) in [4.78, 5) is 24.2. The first-order chi connectivity index (χ1) is 18.8. The number of amides is 1. The van der Waals surface area contributed by atoms with Crippen LogP contribution in [0.4, 0.5) is 14.5 Å². The van der Waals surface area contributed by atoms with E-state index in [1.807, 2.05) is 12.1 Å². The van der Waals surface area contributed by atoms with Gasteiger partial charge in [-0.2, -0.15) is 5.26 Å². The second-order valence-electron chi connectivity index (χ2n) is 10.5. The van der Waals surface area contributed by atoms with Crippen LogP contribution in [0.1, 0.15) is 97.8 Å². The summed E-state index contributed by atoms with van der Waals surface area (Å²) in [5.41, 5.74) is -2.33. The second-order valence-corrected chi connectivity index (χ2v) is 10.5. The predicted molar refractivity (Wildman–Crippen MR) is 131 cm³/mol. The lowest BCUT2D eigenvalue weighted by Crippen LogP contribution is -2.46. The molecule has 2 N–H and O–H groups in total. The molecule has 2 aromatic heterocycles. The van der Waals surface area contributed by atoms with E-state index in [-0.39, 0.29) is 22.6 Å². The molecule has 1 amide bonds. The number of nitrogens with one attached hydrogen (secondary N) is 2. The molecule has 1 aliphatic carbocycles. The summed E-state index contributed by atoms with van der Waals surface area (Å²) in [5.74, 6) is -2.67. The molecule has 7 nitrogen and oxygen atoms in total. The average molecular weight is 500 g/mol. The number of ether oxygens (including phenoxy) is 1. The van der Waals surface area contributed by atoms with Gasteiger partial charge in [-0.25, -0.2) is 13.8 Å². The Labute approximate surface area is 215 Å². The van der Waals surface area contributed by atoms with Crippen LogP contribution in [0.2, 0.25) is 0 Å². The van der Waals surface area contributed by atoms with Crippen LogP contribution in [0, 0.1) is 16.7 Å². The van der Waals surface area contributed by atoms with E-state index in [1.165, 1.54) is 18.3 Å². The van der Waals surface area contributed by atoms with Crippen LogP contribution in [-0.4, -0.2) is 45.4 Å². The molecule has 5 rings (SSSR count). The van der Waals surface area contributed by atoms with Crippen LogP contribution >= 0.6 is 0 Å². The number of fused-ring (bicyclic) bond motifs is 2. The number of halogens is 2. The molecule has 0 aromatic carbocycles. The first-order valence-corrected chi connectivity index (χ1v) is 11.9. The van der Waals surface area contributed by atoms with Crippen LogP contribution in [0.25, 0.3) is 5.57 Å². The van der Waals surface area contributed by atoms with Crippen molar-refractivity contribution in [2.24, 2.45) is 5.41 Å². The van der Waals surface area contributed by atoms with Gasteiger partial charge in [0.1, 0.15) is 25.1 Å². The van der Waals surface area contributed by atoms with E-state index in [2.05, 4.69) is 29.1 Å². The number of aromatic amines is 1. The minimum atomic E-state index is -2.14. The van der Waals surface area contributed by atoms with E-state index in [9.17, 15) is 14.9 Å². The molecule has 3 aliphatic rings. The Morgan fingerprint density at radius 3 is 2.81 bits per heavy atom. The Kier molecular flexibility index (Phi) is 5.04. The van der Waals surface area contributed by atoms with Crippen molar-refractivity contribution in [3.63, 3.8) is 0 Å². The molecule has 2 aliphatic heterocycles. The summed E-state index contributed by atoms with van der Waals surface area (Å²) < 4.78 is 69.7. The Morgan fingerprint density at radius 1 is 1.36 bits per heavy atom.